The lowest BCUT2D eigenvalue weighted by atomic mass is 10.1. The van der Waals surface area contributed by atoms with E-state index in [4.69, 9.17) is 0 Å². The summed E-state index contributed by atoms with van der Waals surface area (Å²) >= 11 is 0. The van der Waals surface area contributed by atoms with E-state index in [2.05, 4.69) is 34.1 Å². The minimum Gasteiger partial charge on any atom is -0.506 e. The van der Waals surface area contributed by atoms with Crippen LogP contribution in [-0.4, -0.2) is 47.6 Å². The summed E-state index contributed by atoms with van der Waals surface area (Å²) < 4.78 is 0. The van der Waals surface area contributed by atoms with Crippen molar-refractivity contribution in [3.05, 3.63) is 78.5 Å². The molecule has 0 saturated carbocycles. The Bertz CT molecular complexity index is 973. The summed E-state index contributed by atoms with van der Waals surface area (Å²) in [5.41, 5.74) is 3.49. The van der Waals surface area contributed by atoms with Crippen LogP contribution >= 0.6 is 0 Å². The molecule has 1 aromatic heterocycles. The van der Waals surface area contributed by atoms with Crippen LogP contribution in [-0.2, 0) is 0 Å². The number of pyridine rings is 1. The molecule has 29 heavy (non-hydrogen) atoms. The Hall–Kier alpha value is -3.34. The van der Waals surface area contributed by atoms with E-state index in [1.54, 1.807) is 12.1 Å². The maximum absolute atomic E-state index is 13.0. The van der Waals surface area contributed by atoms with Crippen molar-refractivity contribution in [1.29, 1.82) is 0 Å². The number of hydrogen-bond acceptors (Lipinski definition) is 4. The molecule has 1 atom stereocenters. The third-order valence-electron chi connectivity index (χ3n) is 5.44. The second-order valence-electron chi connectivity index (χ2n) is 7.60. The van der Waals surface area contributed by atoms with Crippen LogP contribution in [0.2, 0.25) is 0 Å². The van der Waals surface area contributed by atoms with Crippen LogP contribution in [0.4, 0.5) is 5.69 Å². The molecule has 2 aromatic carbocycles. The summed E-state index contributed by atoms with van der Waals surface area (Å²) in [6.45, 7) is 2.74. The molecule has 3 aromatic rings. The van der Waals surface area contributed by atoms with Crippen LogP contribution in [0.25, 0.3) is 11.3 Å². The van der Waals surface area contributed by atoms with Crippen molar-refractivity contribution in [2.45, 2.75) is 6.42 Å². The van der Waals surface area contributed by atoms with Gasteiger partial charge in [-0.25, -0.2) is 0 Å². The Balaban J connectivity index is 1.41. The molecule has 0 unspecified atom stereocenters. The predicted molar refractivity (Wildman–Crippen MR) is 115 cm³/mol. The van der Waals surface area contributed by atoms with Gasteiger partial charge in [0.25, 0.3) is 5.91 Å². The number of aromatic nitrogens is 1. The van der Waals surface area contributed by atoms with Gasteiger partial charge in [-0.05, 0) is 48.7 Å². The zero-order chi connectivity index (χ0) is 20.2. The highest BCUT2D eigenvalue weighted by Gasteiger charge is 2.25. The number of benzene rings is 2. The number of hydrogen-bond donors (Lipinski definition) is 1. The molecule has 1 fully saturated rings. The van der Waals surface area contributed by atoms with Crippen LogP contribution in [0.15, 0.2) is 72.9 Å². The summed E-state index contributed by atoms with van der Waals surface area (Å²) in [7, 11) is 1.87. The summed E-state index contributed by atoms with van der Waals surface area (Å²) in [6.07, 6.45) is 2.50. The first-order chi connectivity index (χ1) is 14.1. The van der Waals surface area contributed by atoms with E-state index in [1.165, 1.54) is 11.9 Å². The van der Waals surface area contributed by atoms with E-state index in [1.807, 2.05) is 42.3 Å². The average molecular weight is 387 g/mol. The number of nitrogens with zero attached hydrogens (tertiary/aromatic N) is 3. The van der Waals surface area contributed by atoms with Crippen molar-refractivity contribution < 1.29 is 9.90 Å². The molecule has 0 bridgehead atoms. The molecule has 0 aliphatic carbocycles. The van der Waals surface area contributed by atoms with Crippen molar-refractivity contribution in [3.8, 4) is 17.0 Å². The lowest BCUT2D eigenvalue weighted by Crippen LogP contribution is -2.33. The zero-order valence-corrected chi connectivity index (χ0v) is 16.5. The lowest BCUT2D eigenvalue weighted by Gasteiger charge is -2.23. The third kappa shape index (κ3) is 4.40. The molecular weight excluding hydrogens is 362 g/mol. The normalized spacial score (nSPS) is 16.0. The van der Waals surface area contributed by atoms with E-state index in [-0.39, 0.29) is 11.7 Å². The fraction of sp³-hybridized carbons (Fsp3) is 0.250. The SMILES string of the molecule is CN(C[C@H]1CCN(c2ccccc2)C1)C(=O)c1cccc(-c2ccc(O)cn2)c1. The Labute approximate surface area is 171 Å². The third-order valence-corrected chi connectivity index (χ3v) is 5.44. The van der Waals surface area contributed by atoms with Crippen LogP contribution in [0.5, 0.6) is 5.75 Å². The van der Waals surface area contributed by atoms with Crippen molar-refractivity contribution in [3.63, 3.8) is 0 Å². The quantitative estimate of drug-likeness (QED) is 0.718. The molecule has 1 saturated heterocycles. The Morgan fingerprint density at radius 2 is 1.97 bits per heavy atom. The molecule has 4 rings (SSSR count). The monoisotopic (exact) mass is 387 g/mol. The number of para-hydroxylation sites is 1. The van der Waals surface area contributed by atoms with E-state index in [9.17, 15) is 9.90 Å². The minimum atomic E-state index is 0.0174. The fourth-order valence-corrected chi connectivity index (χ4v) is 3.91. The zero-order valence-electron chi connectivity index (χ0n) is 16.5. The van der Waals surface area contributed by atoms with Gasteiger partial charge in [0.1, 0.15) is 5.75 Å². The molecule has 2 heterocycles. The molecule has 1 aliphatic heterocycles. The second-order valence-corrected chi connectivity index (χ2v) is 7.60. The van der Waals surface area contributed by atoms with Gasteiger partial charge < -0.3 is 14.9 Å². The van der Waals surface area contributed by atoms with Crippen LogP contribution in [0.1, 0.15) is 16.8 Å². The van der Waals surface area contributed by atoms with Gasteiger partial charge in [-0.3, -0.25) is 9.78 Å². The summed E-state index contributed by atoms with van der Waals surface area (Å²) in [5, 5.41) is 9.42. The maximum Gasteiger partial charge on any atom is 0.253 e. The lowest BCUT2D eigenvalue weighted by molar-refractivity contribution is 0.0776. The fourth-order valence-electron chi connectivity index (χ4n) is 3.91. The van der Waals surface area contributed by atoms with Gasteiger partial charge in [-0.15, -0.1) is 0 Å². The van der Waals surface area contributed by atoms with E-state index in [0.29, 0.717) is 11.5 Å². The first-order valence-electron chi connectivity index (χ1n) is 9.91. The van der Waals surface area contributed by atoms with Crippen molar-refractivity contribution in [1.82, 2.24) is 9.88 Å². The molecule has 1 amide bonds. The minimum absolute atomic E-state index is 0.0174. The van der Waals surface area contributed by atoms with Crippen molar-refractivity contribution >= 4 is 11.6 Å². The first-order valence-corrected chi connectivity index (χ1v) is 9.91. The van der Waals surface area contributed by atoms with Crippen molar-refractivity contribution in [2.75, 3.05) is 31.6 Å². The summed E-state index contributed by atoms with van der Waals surface area (Å²) in [6, 6.07) is 21.3. The number of rotatable bonds is 5. The van der Waals surface area contributed by atoms with Crippen molar-refractivity contribution in [2.24, 2.45) is 5.92 Å². The number of anilines is 1. The molecule has 1 aliphatic rings. The standard InChI is InChI=1S/C24H25N3O2/c1-26(16-18-12-13-27(17-18)21-8-3-2-4-9-21)24(29)20-7-5-6-19(14-20)23-11-10-22(28)15-25-23/h2-11,14-15,18,28H,12-13,16-17H2,1H3/t18-/m1/s1. The van der Waals surface area contributed by atoms with Gasteiger partial charge in [0.15, 0.2) is 0 Å². The van der Waals surface area contributed by atoms with Gasteiger partial charge in [-0.2, -0.15) is 0 Å². The molecule has 5 nitrogen and oxygen atoms in total. The van der Waals surface area contributed by atoms with E-state index >= 15 is 0 Å². The average Bonchev–Trinajstić information content (AvgIpc) is 3.23. The first kappa shape index (κ1) is 19.0. The topological polar surface area (TPSA) is 56.7 Å². The summed E-state index contributed by atoms with van der Waals surface area (Å²) in [5.74, 6) is 0.608. The van der Waals surface area contributed by atoms with Gasteiger partial charge in [-0.1, -0.05) is 30.3 Å². The predicted octanol–water partition coefficient (Wildman–Crippen LogP) is 4.05. The Kier molecular flexibility index (Phi) is 5.47. The maximum atomic E-state index is 13.0. The van der Waals surface area contributed by atoms with Gasteiger partial charge in [0.2, 0.25) is 0 Å². The largest absolute Gasteiger partial charge is 0.506 e. The summed E-state index contributed by atoms with van der Waals surface area (Å²) in [4.78, 5) is 21.4. The van der Waals surface area contributed by atoms with Crippen LogP contribution in [0, 0.1) is 5.92 Å². The van der Waals surface area contributed by atoms with Gasteiger partial charge in [0.05, 0.1) is 11.9 Å². The highest BCUT2D eigenvalue weighted by atomic mass is 16.3. The molecular formula is C24H25N3O2. The Morgan fingerprint density at radius 3 is 2.72 bits per heavy atom. The molecule has 0 spiro atoms. The number of carbonyl (C=O) groups is 1. The second kappa shape index (κ2) is 8.35. The molecule has 1 N–H and O–H groups in total. The number of aromatic hydroxyl groups is 1. The highest BCUT2D eigenvalue weighted by molar-refractivity contribution is 5.95. The number of amides is 1. The smallest absolute Gasteiger partial charge is 0.253 e. The number of carbonyl (C=O) groups excluding carboxylic acids is 1. The molecule has 148 valence electrons. The van der Waals surface area contributed by atoms with Gasteiger partial charge >= 0.3 is 0 Å². The van der Waals surface area contributed by atoms with Gasteiger partial charge in [0, 0.05) is 43.5 Å². The highest BCUT2D eigenvalue weighted by Crippen LogP contribution is 2.25. The Morgan fingerprint density at radius 1 is 1.14 bits per heavy atom. The van der Waals surface area contributed by atoms with E-state index < -0.39 is 0 Å². The van der Waals surface area contributed by atoms with Crippen LogP contribution < -0.4 is 4.90 Å². The van der Waals surface area contributed by atoms with Crippen LogP contribution in [0.3, 0.4) is 0 Å². The molecule has 5 heteroatoms. The van der Waals surface area contributed by atoms with E-state index in [0.717, 1.165) is 37.3 Å². The molecule has 0 radical (unpaired) electrons.